The molecule has 0 heterocycles. The second-order valence-electron chi connectivity index (χ2n) is 8.81. The van der Waals surface area contributed by atoms with Crippen LogP contribution in [-0.4, -0.2) is 13.6 Å². The Balaban J connectivity index is 0.000000511. The summed E-state index contributed by atoms with van der Waals surface area (Å²) in [5.74, 6) is 0.773. The minimum absolute atomic E-state index is 0.403. The first-order valence-electron chi connectivity index (χ1n) is 11.0. The van der Waals surface area contributed by atoms with Crippen LogP contribution in [0.25, 0.3) is 5.57 Å². The van der Waals surface area contributed by atoms with E-state index in [1.165, 1.54) is 36.0 Å². The highest BCUT2D eigenvalue weighted by Gasteiger charge is 2.44. The van der Waals surface area contributed by atoms with E-state index in [-0.39, 0.29) is 0 Å². The third kappa shape index (κ3) is 6.49. The molecule has 27 heavy (non-hydrogen) atoms. The van der Waals surface area contributed by atoms with Crippen LogP contribution in [0.1, 0.15) is 91.3 Å². The zero-order valence-electron chi connectivity index (χ0n) is 20.1. The Morgan fingerprint density at radius 1 is 1.11 bits per heavy atom. The predicted molar refractivity (Wildman–Crippen MR) is 125 cm³/mol. The van der Waals surface area contributed by atoms with E-state index in [4.69, 9.17) is 0 Å². The van der Waals surface area contributed by atoms with Crippen molar-refractivity contribution < 1.29 is 0 Å². The molecule has 0 aromatic heterocycles. The minimum atomic E-state index is 0.403. The van der Waals surface area contributed by atoms with Gasteiger partial charge in [-0.3, -0.25) is 0 Å². The average Bonchev–Trinajstić information content (AvgIpc) is 2.66. The van der Waals surface area contributed by atoms with Crippen LogP contribution in [0.4, 0.5) is 0 Å². The molecule has 1 aromatic carbocycles. The van der Waals surface area contributed by atoms with Gasteiger partial charge in [-0.2, -0.15) is 0 Å². The van der Waals surface area contributed by atoms with Gasteiger partial charge in [-0.1, -0.05) is 98.1 Å². The van der Waals surface area contributed by atoms with Crippen LogP contribution >= 0.6 is 0 Å². The van der Waals surface area contributed by atoms with Gasteiger partial charge in [-0.05, 0) is 60.8 Å². The molecule has 0 aliphatic heterocycles. The largest absolute Gasteiger partial charge is 0.319 e. The summed E-state index contributed by atoms with van der Waals surface area (Å²) in [5, 5.41) is 3.40. The Hall–Kier alpha value is -1.08. The summed E-state index contributed by atoms with van der Waals surface area (Å²) in [7, 11) is 2.08. The number of nitrogens with one attached hydrogen (secondary N) is 1. The Kier molecular flexibility index (Phi) is 11.2. The van der Waals surface area contributed by atoms with Crippen molar-refractivity contribution in [2.75, 3.05) is 13.6 Å². The molecule has 1 nitrogen and oxygen atoms in total. The van der Waals surface area contributed by atoms with Crippen molar-refractivity contribution in [2.24, 2.45) is 16.7 Å². The van der Waals surface area contributed by atoms with Gasteiger partial charge < -0.3 is 5.32 Å². The molecule has 2 atom stereocenters. The number of benzene rings is 1. The lowest BCUT2D eigenvalue weighted by molar-refractivity contribution is 0.00537. The summed E-state index contributed by atoms with van der Waals surface area (Å²) in [6.07, 6.45) is 4.92. The fraction of sp³-hybridized carbons (Fsp3) is 0.692. The van der Waals surface area contributed by atoms with Crippen LogP contribution in [-0.2, 0) is 6.42 Å². The third-order valence-corrected chi connectivity index (χ3v) is 7.34. The van der Waals surface area contributed by atoms with Crippen molar-refractivity contribution in [3.8, 4) is 0 Å². The fourth-order valence-corrected chi connectivity index (χ4v) is 4.28. The van der Waals surface area contributed by atoms with Crippen molar-refractivity contribution in [1.29, 1.82) is 0 Å². The van der Waals surface area contributed by atoms with E-state index in [1.54, 1.807) is 0 Å². The molecule has 0 spiro atoms. The molecule has 0 aliphatic rings. The molecule has 0 saturated heterocycles. The smallest absolute Gasteiger partial charge is 0.000992 e. The van der Waals surface area contributed by atoms with Gasteiger partial charge >= 0.3 is 0 Å². The number of aryl methyl sites for hydroxylation is 2. The minimum Gasteiger partial charge on any atom is -0.319 e. The Bertz CT molecular complexity index is 568. The molecule has 1 heteroatoms. The van der Waals surface area contributed by atoms with Gasteiger partial charge in [0.2, 0.25) is 0 Å². The summed E-state index contributed by atoms with van der Waals surface area (Å²) in [5.41, 5.74) is 6.02. The SMILES string of the molecule is C=C(C)c1ccc(CC)cc1C.CCC(C)C(C)(CNC)C(C)(CC)CC. The summed E-state index contributed by atoms with van der Waals surface area (Å²) in [4.78, 5) is 0. The molecule has 156 valence electrons. The van der Waals surface area contributed by atoms with Crippen LogP contribution in [0, 0.1) is 23.7 Å². The molecular weight excluding hydrogens is 326 g/mol. The van der Waals surface area contributed by atoms with Crippen molar-refractivity contribution in [3.05, 3.63) is 41.5 Å². The van der Waals surface area contributed by atoms with Gasteiger partial charge in [0.15, 0.2) is 0 Å². The second-order valence-corrected chi connectivity index (χ2v) is 8.81. The average molecular weight is 374 g/mol. The molecule has 0 bridgehead atoms. The van der Waals surface area contributed by atoms with Gasteiger partial charge in [0, 0.05) is 6.54 Å². The highest BCUT2D eigenvalue weighted by atomic mass is 14.8. The number of hydrogen-bond acceptors (Lipinski definition) is 1. The van der Waals surface area contributed by atoms with E-state index in [1.807, 2.05) is 6.92 Å². The Morgan fingerprint density at radius 3 is 2.00 bits per heavy atom. The summed E-state index contributed by atoms with van der Waals surface area (Å²) >= 11 is 0. The van der Waals surface area contributed by atoms with Gasteiger partial charge in [0.1, 0.15) is 0 Å². The van der Waals surface area contributed by atoms with Gasteiger partial charge in [-0.15, -0.1) is 0 Å². The molecule has 0 amide bonds. The van der Waals surface area contributed by atoms with Crippen LogP contribution in [0.2, 0.25) is 0 Å². The number of rotatable bonds is 9. The molecule has 2 unspecified atom stereocenters. The van der Waals surface area contributed by atoms with E-state index in [0.29, 0.717) is 10.8 Å². The summed E-state index contributed by atoms with van der Waals surface area (Å²) in [6, 6.07) is 6.58. The highest BCUT2D eigenvalue weighted by molar-refractivity contribution is 5.64. The maximum absolute atomic E-state index is 3.94. The van der Waals surface area contributed by atoms with Crippen molar-refractivity contribution >= 4 is 5.57 Å². The lowest BCUT2D eigenvalue weighted by Gasteiger charge is -2.50. The molecule has 1 rings (SSSR count). The van der Waals surface area contributed by atoms with E-state index in [2.05, 4.69) is 92.5 Å². The lowest BCUT2D eigenvalue weighted by Crippen LogP contribution is -2.48. The maximum atomic E-state index is 3.94. The van der Waals surface area contributed by atoms with Crippen LogP contribution in [0.5, 0.6) is 0 Å². The van der Waals surface area contributed by atoms with Crippen molar-refractivity contribution in [2.45, 2.75) is 88.0 Å². The zero-order chi connectivity index (χ0) is 21.3. The van der Waals surface area contributed by atoms with E-state index >= 15 is 0 Å². The highest BCUT2D eigenvalue weighted by Crippen LogP contribution is 2.49. The maximum Gasteiger partial charge on any atom is 0.000992 e. The number of hydrogen-bond donors (Lipinski definition) is 1. The molecule has 0 fully saturated rings. The van der Waals surface area contributed by atoms with Gasteiger partial charge in [0.05, 0.1) is 0 Å². The van der Waals surface area contributed by atoms with Crippen LogP contribution in [0.3, 0.4) is 0 Å². The lowest BCUT2D eigenvalue weighted by atomic mass is 9.56. The summed E-state index contributed by atoms with van der Waals surface area (Å²) in [6.45, 7) is 25.7. The predicted octanol–water partition coefficient (Wildman–Crippen LogP) is 7.68. The zero-order valence-corrected chi connectivity index (χ0v) is 20.1. The van der Waals surface area contributed by atoms with E-state index in [9.17, 15) is 0 Å². The first kappa shape index (κ1) is 25.9. The van der Waals surface area contributed by atoms with Gasteiger partial charge in [0.25, 0.3) is 0 Å². The van der Waals surface area contributed by atoms with Crippen molar-refractivity contribution in [1.82, 2.24) is 5.32 Å². The van der Waals surface area contributed by atoms with Crippen molar-refractivity contribution in [3.63, 3.8) is 0 Å². The van der Waals surface area contributed by atoms with Crippen LogP contribution < -0.4 is 5.32 Å². The molecule has 1 N–H and O–H groups in total. The fourth-order valence-electron chi connectivity index (χ4n) is 4.28. The quantitative estimate of drug-likeness (QED) is 0.468. The normalized spacial score (nSPS) is 14.7. The van der Waals surface area contributed by atoms with E-state index < -0.39 is 0 Å². The number of allylic oxidation sites excluding steroid dienone is 1. The second kappa shape index (κ2) is 11.7. The third-order valence-electron chi connectivity index (χ3n) is 7.34. The topological polar surface area (TPSA) is 12.0 Å². The molecular formula is C26H47N. The van der Waals surface area contributed by atoms with E-state index in [0.717, 1.165) is 24.5 Å². The first-order valence-corrected chi connectivity index (χ1v) is 11.0. The van der Waals surface area contributed by atoms with Crippen LogP contribution in [0.15, 0.2) is 24.8 Å². The molecule has 0 aliphatic carbocycles. The standard InChI is InChI=1S/C14H31N.C12H16/c1-8-12(4)14(6,11-15-7)13(5,9-2)10-3;1-5-11-6-7-12(9(2)3)10(4)8-11/h12,15H,8-11H2,1-7H3;6-8H,2,5H2,1,3-4H3. The summed E-state index contributed by atoms with van der Waals surface area (Å²) < 4.78 is 0. The monoisotopic (exact) mass is 373 g/mol. The molecule has 1 aromatic rings. The Morgan fingerprint density at radius 2 is 1.67 bits per heavy atom. The molecule has 0 saturated carbocycles. The van der Waals surface area contributed by atoms with Gasteiger partial charge in [-0.25, -0.2) is 0 Å². The first-order chi connectivity index (χ1) is 12.6. The molecule has 0 radical (unpaired) electrons. The Labute approximate surface area is 171 Å².